The summed E-state index contributed by atoms with van der Waals surface area (Å²) < 4.78 is 0. The van der Waals surface area contributed by atoms with Gasteiger partial charge in [0.1, 0.15) is 0 Å². The molecule has 2 aromatic heterocycles. The largest absolute Gasteiger partial charge is 0.384 e. The van der Waals surface area contributed by atoms with Gasteiger partial charge in [-0.15, -0.1) is 6.58 Å². The van der Waals surface area contributed by atoms with Gasteiger partial charge in [-0.05, 0) is 95.6 Å². The van der Waals surface area contributed by atoms with Crippen molar-refractivity contribution < 1.29 is 0 Å². The van der Waals surface area contributed by atoms with Gasteiger partial charge in [-0.1, -0.05) is 29.7 Å². The molecule has 0 aromatic carbocycles. The minimum absolute atomic E-state index is 0.982. The molecular formula is C28H38N4. The Hall–Kier alpha value is -2.46. The smallest absolute Gasteiger partial charge is 0.0761 e. The van der Waals surface area contributed by atoms with Crippen molar-refractivity contribution in [3.63, 3.8) is 0 Å². The quantitative estimate of drug-likeness (QED) is 0.334. The third-order valence-corrected chi connectivity index (χ3v) is 6.69. The van der Waals surface area contributed by atoms with Crippen LogP contribution in [0.2, 0.25) is 0 Å². The highest BCUT2D eigenvalue weighted by molar-refractivity contribution is 5.92. The summed E-state index contributed by atoms with van der Waals surface area (Å²) >= 11 is 0. The molecule has 2 aromatic rings. The average molecular weight is 431 g/mol. The van der Waals surface area contributed by atoms with Crippen LogP contribution in [-0.4, -0.2) is 41.0 Å². The molecular weight excluding hydrogens is 392 g/mol. The summed E-state index contributed by atoms with van der Waals surface area (Å²) in [6.45, 7) is 10.8. The van der Waals surface area contributed by atoms with Crippen LogP contribution in [0.15, 0.2) is 54.4 Å². The molecule has 4 rings (SSSR count). The Bertz CT molecular complexity index is 982. The number of hydrogen-bond acceptors (Lipinski definition) is 4. The van der Waals surface area contributed by atoms with E-state index >= 15 is 0 Å². The van der Waals surface area contributed by atoms with Crippen molar-refractivity contribution in [1.82, 2.24) is 14.9 Å². The molecule has 4 nitrogen and oxygen atoms in total. The first kappa shape index (κ1) is 22.7. The lowest BCUT2D eigenvalue weighted by Crippen LogP contribution is -2.31. The third-order valence-electron chi connectivity index (χ3n) is 6.69. The number of fused-ring (bicyclic) bond motifs is 1. The number of allylic oxidation sites excluding steroid dienone is 5. The zero-order valence-corrected chi connectivity index (χ0v) is 19.7. The fourth-order valence-corrected chi connectivity index (χ4v) is 4.81. The number of aromatic nitrogens is 2. The topological polar surface area (TPSA) is 41.0 Å². The van der Waals surface area contributed by atoms with Crippen molar-refractivity contribution in [2.45, 2.75) is 64.7 Å². The average Bonchev–Trinajstić information content (AvgIpc) is 2.82. The molecule has 1 fully saturated rings. The fourth-order valence-electron chi connectivity index (χ4n) is 4.81. The Morgan fingerprint density at radius 3 is 2.78 bits per heavy atom. The molecule has 0 radical (unpaired) electrons. The zero-order valence-electron chi connectivity index (χ0n) is 19.7. The van der Waals surface area contributed by atoms with E-state index in [0.29, 0.717) is 0 Å². The van der Waals surface area contributed by atoms with Crippen LogP contribution in [0.4, 0.5) is 5.69 Å². The van der Waals surface area contributed by atoms with E-state index in [4.69, 9.17) is 4.98 Å². The van der Waals surface area contributed by atoms with Gasteiger partial charge in [0.25, 0.3) is 0 Å². The number of nitrogens with one attached hydrogen (secondary N) is 1. The van der Waals surface area contributed by atoms with E-state index in [1.165, 1.54) is 69.3 Å². The lowest BCUT2D eigenvalue weighted by molar-refractivity contribution is 0.228. The van der Waals surface area contributed by atoms with Crippen LogP contribution in [0.3, 0.4) is 0 Å². The molecule has 170 valence electrons. The molecule has 0 unspecified atom stereocenters. The molecule has 1 aliphatic heterocycles. The first-order valence-electron chi connectivity index (χ1n) is 12.4. The normalized spacial score (nSPS) is 17.2. The SMILES string of the molecule is C=C(C)CCCC1=CC=C(c2cc(NCCCN3CCCCC3)c3cnccc3n2)CC1. The summed E-state index contributed by atoms with van der Waals surface area (Å²) in [6, 6.07) is 4.26. The van der Waals surface area contributed by atoms with E-state index in [1.54, 1.807) is 5.57 Å². The minimum Gasteiger partial charge on any atom is -0.384 e. The Balaban J connectivity index is 1.43. The predicted molar refractivity (Wildman–Crippen MR) is 137 cm³/mol. The molecule has 0 atom stereocenters. The number of likely N-dealkylation sites (tertiary alicyclic amines) is 1. The highest BCUT2D eigenvalue weighted by Crippen LogP contribution is 2.32. The Morgan fingerprint density at radius 1 is 1.12 bits per heavy atom. The van der Waals surface area contributed by atoms with Crippen LogP contribution in [0.5, 0.6) is 0 Å². The second-order valence-corrected chi connectivity index (χ2v) is 9.46. The van der Waals surface area contributed by atoms with Crippen molar-refractivity contribution in [3.8, 4) is 0 Å². The van der Waals surface area contributed by atoms with Crippen LogP contribution in [0, 0.1) is 0 Å². The Kier molecular flexibility index (Phi) is 8.11. The first-order chi connectivity index (χ1) is 15.7. The molecule has 32 heavy (non-hydrogen) atoms. The summed E-state index contributed by atoms with van der Waals surface area (Å²) in [6.07, 6.45) is 19.4. The minimum atomic E-state index is 0.982. The predicted octanol–water partition coefficient (Wildman–Crippen LogP) is 6.77. The van der Waals surface area contributed by atoms with Gasteiger partial charge in [-0.2, -0.15) is 0 Å². The number of piperidine rings is 1. The van der Waals surface area contributed by atoms with Crippen molar-refractivity contribution in [2.75, 3.05) is 31.5 Å². The summed E-state index contributed by atoms with van der Waals surface area (Å²) in [7, 11) is 0. The van der Waals surface area contributed by atoms with E-state index in [0.717, 1.165) is 48.1 Å². The molecule has 0 bridgehead atoms. The maximum Gasteiger partial charge on any atom is 0.0761 e. The van der Waals surface area contributed by atoms with E-state index < -0.39 is 0 Å². The van der Waals surface area contributed by atoms with Gasteiger partial charge < -0.3 is 10.2 Å². The van der Waals surface area contributed by atoms with Crippen molar-refractivity contribution in [2.24, 2.45) is 0 Å². The molecule has 2 aliphatic rings. The molecule has 3 heterocycles. The molecule has 0 amide bonds. The number of nitrogens with zero attached hydrogens (tertiary/aromatic N) is 3. The molecule has 0 saturated carbocycles. The zero-order chi connectivity index (χ0) is 22.2. The van der Waals surface area contributed by atoms with Crippen molar-refractivity contribution in [3.05, 3.63) is 60.1 Å². The standard InChI is InChI=1S/C28H38N4/c1-22(2)8-6-9-23-10-12-24(13-11-23)27-20-28(25-21-29-16-14-26(25)31-27)30-15-7-19-32-17-4-3-5-18-32/h10,12,14,16,20-21H,1,3-9,11,13,15,17-19H2,2H3,(H,30,31). The van der Waals surface area contributed by atoms with Gasteiger partial charge >= 0.3 is 0 Å². The summed E-state index contributed by atoms with van der Waals surface area (Å²) in [5, 5.41) is 4.81. The first-order valence-corrected chi connectivity index (χ1v) is 12.4. The van der Waals surface area contributed by atoms with Gasteiger partial charge in [0, 0.05) is 30.0 Å². The number of rotatable bonds is 10. The van der Waals surface area contributed by atoms with E-state index in [1.807, 2.05) is 18.5 Å². The van der Waals surface area contributed by atoms with Crippen molar-refractivity contribution >= 4 is 22.2 Å². The highest BCUT2D eigenvalue weighted by atomic mass is 15.1. The lowest BCUT2D eigenvalue weighted by Gasteiger charge is -2.26. The van der Waals surface area contributed by atoms with Gasteiger partial charge in [0.2, 0.25) is 0 Å². The van der Waals surface area contributed by atoms with Crippen LogP contribution in [0.1, 0.15) is 70.4 Å². The van der Waals surface area contributed by atoms with Crippen molar-refractivity contribution in [1.29, 1.82) is 0 Å². The van der Waals surface area contributed by atoms with E-state index in [9.17, 15) is 0 Å². The van der Waals surface area contributed by atoms with Crippen LogP contribution in [0.25, 0.3) is 16.5 Å². The summed E-state index contributed by atoms with van der Waals surface area (Å²) in [5.74, 6) is 0. The van der Waals surface area contributed by atoms with Gasteiger partial charge in [-0.3, -0.25) is 4.98 Å². The molecule has 4 heteroatoms. The van der Waals surface area contributed by atoms with Gasteiger partial charge in [-0.25, -0.2) is 4.98 Å². The Labute approximate surface area is 193 Å². The third kappa shape index (κ3) is 6.29. The van der Waals surface area contributed by atoms with Crippen LogP contribution >= 0.6 is 0 Å². The second-order valence-electron chi connectivity index (χ2n) is 9.46. The molecule has 1 saturated heterocycles. The van der Waals surface area contributed by atoms with E-state index in [-0.39, 0.29) is 0 Å². The van der Waals surface area contributed by atoms with Gasteiger partial charge in [0.05, 0.1) is 11.2 Å². The maximum absolute atomic E-state index is 4.97. The highest BCUT2D eigenvalue weighted by Gasteiger charge is 2.13. The molecule has 0 spiro atoms. The number of hydrogen-bond donors (Lipinski definition) is 1. The lowest BCUT2D eigenvalue weighted by atomic mass is 9.92. The molecule has 1 aliphatic carbocycles. The summed E-state index contributed by atoms with van der Waals surface area (Å²) in [4.78, 5) is 11.9. The van der Waals surface area contributed by atoms with E-state index in [2.05, 4.69) is 46.9 Å². The fraction of sp³-hybridized carbons (Fsp3) is 0.500. The van der Waals surface area contributed by atoms with Gasteiger partial charge in [0.15, 0.2) is 0 Å². The number of anilines is 1. The number of pyridine rings is 2. The Morgan fingerprint density at radius 2 is 2.00 bits per heavy atom. The molecule has 1 N–H and O–H groups in total. The van der Waals surface area contributed by atoms with Crippen LogP contribution < -0.4 is 5.32 Å². The summed E-state index contributed by atoms with van der Waals surface area (Å²) in [5.41, 5.74) is 7.45. The monoisotopic (exact) mass is 430 g/mol. The maximum atomic E-state index is 4.97. The van der Waals surface area contributed by atoms with Crippen LogP contribution in [-0.2, 0) is 0 Å². The second kappa shape index (κ2) is 11.4.